The number of nitrogens with zero attached hydrogens (tertiary/aromatic N) is 2. The molecule has 0 radical (unpaired) electrons. The zero-order valence-electron chi connectivity index (χ0n) is 14.3. The Hall–Kier alpha value is -2.62. The summed E-state index contributed by atoms with van der Waals surface area (Å²) in [6, 6.07) is 19.8. The Labute approximate surface area is 143 Å². The van der Waals surface area contributed by atoms with Gasteiger partial charge in [0.15, 0.2) is 0 Å². The van der Waals surface area contributed by atoms with Crippen LogP contribution in [0.3, 0.4) is 0 Å². The van der Waals surface area contributed by atoms with Gasteiger partial charge < -0.3 is 0 Å². The lowest BCUT2D eigenvalue weighted by Gasteiger charge is -2.28. The molecule has 2 rings (SSSR count). The zero-order chi connectivity index (χ0) is 17.4. The molecule has 0 aromatic heterocycles. The fourth-order valence-corrected chi connectivity index (χ4v) is 2.45. The first-order chi connectivity index (χ1) is 11.6. The fraction of sp³-hybridized carbons (Fsp3) is 0.300. The van der Waals surface area contributed by atoms with Gasteiger partial charge in [0.1, 0.15) is 0 Å². The van der Waals surface area contributed by atoms with Crippen molar-refractivity contribution in [1.82, 2.24) is 10.0 Å². The quantitative estimate of drug-likeness (QED) is 0.766. The maximum atomic E-state index is 12.3. The van der Waals surface area contributed by atoms with Crippen LogP contribution < -0.4 is 0 Å². The number of amides is 2. The molecule has 2 aromatic carbocycles. The van der Waals surface area contributed by atoms with Crippen molar-refractivity contribution in [1.29, 1.82) is 0 Å². The predicted octanol–water partition coefficient (Wildman–Crippen LogP) is 3.08. The van der Waals surface area contributed by atoms with Gasteiger partial charge in [0.25, 0.3) is 0 Å². The summed E-state index contributed by atoms with van der Waals surface area (Å²) in [6.07, 6.45) is 2.12. The summed E-state index contributed by atoms with van der Waals surface area (Å²) in [5.41, 5.74) is 2.25. The highest BCUT2D eigenvalue weighted by atomic mass is 16.2. The van der Waals surface area contributed by atoms with Crippen LogP contribution in [0.5, 0.6) is 0 Å². The molecule has 0 heterocycles. The van der Waals surface area contributed by atoms with Crippen molar-refractivity contribution >= 4 is 11.8 Å². The summed E-state index contributed by atoms with van der Waals surface area (Å²) >= 11 is 0. The second-order valence-corrected chi connectivity index (χ2v) is 5.81. The van der Waals surface area contributed by atoms with Gasteiger partial charge in [-0.05, 0) is 24.0 Å². The lowest BCUT2D eigenvalue weighted by atomic mass is 10.1. The van der Waals surface area contributed by atoms with E-state index in [1.165, 1.54) is 10.0 Å². The number of carbonyl (C=O) groups excluding carboxylic acids is 2. The van der Waals surface area contributed by atoms with E-state index in [0.29, 0.717) is 25.7 Å². The Morgan fingerprint density at radius 3 is 1.33 bits per heavy atom. The Bertz CT molecular complexity index is 596. The van der Waals surface area contributed by atoms with Gasteiger partial charge in [-0.1, -0.05) is 60.7 Å². The minimum atomic E-state index is -0.0607. The Morgan fingerprint density at radius 1 is 0.667 bits per heavy atom. The topological polar surface area (TPSA) is 40.6 Å². The first kappa shape index (κ1) is 17.7. The van der Waals surface area contributed by atoms with E-state index >= 15 is 0 Å². The highest BCUT2D eigenvalue weighted by molar-refractivity contribution is 5.82. The van der Waals surface area contributed by atoms with E-state index in [-0.39, 0.29) is 11.8 Å². The van der Waals surface area contributed by atoms with Crippen molar-refractivity contribution in [3.05, 3.63) is 71.8 Å². The summed E-state index contributed by atoms with van der Waals surface area (Å²) in [6.45, 7) is 0. The van der Waals surface area contributed by atoms with Crippen LogP contribution in [0.15, 0.2) is 60.7 Å². The normalized spacial score (nSPS) is 10.2. The Balaban J connectivity index is 1.80. The van der Waals surface area contributed by atoms with Gasteiger partial charge in [-0.25, -0.2) is 0 Å². The van der Waals surface area contributed by atoms with Gasteiger partial charge in [-0.3, -0.25) is 19.6 Å². The van der Waals surface area contributed by atoms with Crippen molar-refractivity contribution in [2.75, 3.05) is 14.1 Å². The molecule has 4 heteroatoms. The number of carbonyl (C=O) groups is 2. The third-order valence-electron chi connectivity index (χ3n) is 4.11. The van der Waals surface area contributed by atoms with Crippen LogP contribution in [0.4, 0.5) is 0 Å². The summed E-state index contributed by atoms with van der Waals surface area (Å²) in [4.78, 5) is 24.5. The van der Waals surface area contributed by atoms with E-state index in [0.717, 1.165) is 11.1 Å². The number of benzene rings is 2. The van der Waals surface area contributed by atoms with Crippen LogP contribution in [-0.2, 0) is 22.4 Å². The molecular weight excluding hydrogens is 300 g/mol. The second-order valence-electron chi connectivity index (χ2n) is 5.81. The van der Waals surface area contributed by atoms with Gasteiger partial charge >= 0.3 is 0 Å². The molecule has 0 bridgehead atoms. The molecule has 0 aliphatic carbocycles. The second kappa shape index (κ2) is 8.87. The number of hydrogen-bond donors (Lipinski definition) is 0. The largest absolute Gasteiger partial charge is 0.273 e. The van der Waals surface area contributed by atoms with E-state index in [1.54, 1.807) is 14.1 Å². The molecule has 24 heavy (non-hydrogen) atoms. The van der Waals surface area contributed by atoms with Crippen LogP contribution in [0.25, 0.3) is 0 Å². The van der Waals surface area contributed by atoms with E-state index in [9.17, 15) is 9.59 Å². The molecule has 0 aliphatic rings. The lowest BCUT2D eigenvalue weighted by molar-refractivity contribution is -0.157. The van der Waals surface area contributed by atoms with Gasteiger partial charge in [0.05, 0.1) is 0 Å². The molecule has 2 amide bonds. The van der Waals surface area contributed by atoms with Crippen LogP contribution in [0.2, 0.25) is 0 Å². The molecule has 0 saturated heterocycles. The third kappa shape index (κ3) is 5.23. The molecule has 4 nitrogen and oxygen atoms in total. The molecule has 0 aliphatic heterocycles. The van der Waals surface area contributed by atoms with Crippen LogP contribution in [0.1, 0.15) is 24.0 Å². The van der Waals surface area contributed by atoms with E-state index in [1.807, 2.05) is 60.7 Å². The molecule has 0 unspecified atom stereocenters. The van der Waals surface area contributed by atoms with Crippen LogP contribution in [0, 0.1) is 0 Å². The fourth-order valence-electron chi connectivity index (χ4n) is 2.45. The summed E-state index contributed by atoms with van der Waals surface area (Å²) < 4.78 is 0. The molecule has 0 N–H and O–H groups in total. The van der Waals surface area contributed by atoms with E-state index < -0.39 is 0 Å². The third-order valence-corrected chi connectivity index (χ3v) is 4.11. The zero-order valence-corrected chi connectivity index (χ0v) is 14.3. The van der Waals surface area contributed by atoms with Gasteiger partial charge in [-0.15, -0.1) is 0 Å². The first-order valence-corrected chi connectivity index (χ1v) is 8.19. The molecule has 0 fully saturated rings. The summed E-state index contributed by atoms with van der Waals surface area (Å²) in [5, 5.41) is 2.83. The highest BCUT2D eigenvalue weighted by Crippen LogP contribution is 2.08. The summed E-state index contributed by atoms with van der Waals surface area (Å²) in [7, 11) is 3.29. The molecule has 2 aromatic rings. The van der Waals surface area contributed by atoms with Gasteiger partial charge in [0.2, 0.25) is 11.8 Å². The van der Waals surface area contributed by atoms with Crippen molar-refractivity contribution < 1.29 is 9.59 Å². The molecule has 0 saturated carbocycles. The van der Waals surface area contributed by atoms with E-state index in [2.05, 4.69) is 0 Å². The minimum Gasteiger partial charge on any atom is -0.273 e. The average Bonchev–Trinajstić information content (AvgIpc) is 2.64. The average molecular weight is 324 g/mol. The number of hydrogen-bond acceptors (Lipinski definition) is 2. The number of hydrazine groups is 1. The van der Waals surface area contributed by atoms with Crippen LogP contribution >= 0.6 is 0 Å². The molecule has 0 atom stereocenters. The Morgan fingerprint density at radius 2 is 1.00 bits per heavy atom. The highest BCUT2D eigenvalue weighted by Gasteiger charge is 2.18. The molecule has 0 spiro atoms. The van der Waals surface area contributed by atoms with Crippen molar-refractivity contribution in [2.24, 2.45) is 0 Å². The maximum absolute atomic E-state index is 12.3. The lowest BCUT2D eigenvalue weighted by Crippen LogP contribution is -2.45. The molecular formula is C20H24N2O2. The molecule has 126 valence electrons. The number of aryl methyl sites for hydroxylation is 2. The SMILES string of the molecule is CN(C(=O)CCc1ccccc1)N(C)C(=O)CCc1ccccc1. The smallest absolute Gasteiger partial charge is 0.241 e. The predicted molar refractivity (Wildman–Crippen MR) is 95.1 cm³/mol. The number of rotatable bonds is 6. The van der Waals surface area contributed by atoms with E-state index in [4.69, 9.17) is 0 Å². The standard InChI is InChI=1S/C20H24N2O2/c1-21(19(23)15-13-17-9-5-3-6-10-17)22(2)20(24)16-14-18-11-7-4-8-12-18/h3-12H,13-16H2,1-2H3. The van der Waals surface area contributed by atoms with Crippen LogP contribution in [-0.4, -0.2) is 35.9 Å². The summed E-state index contributed by atoms with van der Waals surface area (Å²) in [5.74, 6) is -0.121. The van der Waals surface area contributed by atoms with Crippen molar-refractivity contribution in [2.45, 2.75) is 25.7 Å². The Kier molecular flexibility index (Phi) is 6.55. The van der Waals surface area contributed by atoms with Gasteiger partial charge in [-0.2, -0.15) is 0 Å². The first-order valence-electron chi connectivity index (χ1n) is 8.19. The monoisotopic (exact) mass is 324 g/mol. The minimum absolute atomic E-state index is 0.0607. The maximum Gasteiger partial charge on any atom is 0.241 e. The van der Waals surface area contributed by atoms with Crippen molar-refractivity contribution in [3.8, 4) is 0 Å². The van der Waals surface area contributed by atoms with Crippen molar-refractivity contribution in [3.63, 3.8) is 0 Å². The van der Waals surface area contributed by atoms with Gasteiger partial charge in [0, 0.05) is 26.9 Å².